The summed E-state index contributed by atoms with van der Waals surface area (Å²) < 4.78 is 11.9. The Morgan fingerprint density at radius 1 is 1.20 bits per heavy atom. The van der Waals surface area contributed by atoms with Gasteiger partial charge in [0.25, 0.3) is 0 Å². The summed E-state index contributed by atoms with van der Waals surface area (Å²) in [5.74, 6) is 1.63. The van der Waals surface area contributed by atoms with Gasteiger partial charge in [-0.15, -0.1) is 0 Å². The number of hydrogen-bond acceptors (Lipinski definition) is 5. The molecule has 2 aromatic carbocycles. The van der Waals surface area contributed by atoms with Crippen molar-refractivity contribution in [2.24, 2.45) is 0 Å². The lowest BCUT2D eigenvalue weighted by atomic mass is 9.88. The molecule has 5 heteroatoms. The molecule has 2 aliphatic rings. The third-order valence-electron chi connectivity index (χ3n) is 4.85. The smallest absolute Gasteiger partial charge is 0.148 e. The Labute approximate surface area is 145 Å². The number of ether oxygens (including phenoxy) is 2. The molecule has 0 amide bonds. The van der Waals surface area contributed by atoms with E-state index in [0.717, 1.165) is 28.9 Å². The van der Waals surface area contributed by atoms with Crippen LogP contribution in [0.1, 0.15) is 29.5 Å². The minimum Gasteiger partial charge on any atom is -0.508 e. The molecule has 3 N–H and O–H groups in total. The van der Waals surface area contributed by atoms with E-state index in [-0.39, 0.29) is 24.0 Å². The van der Waals surface area contributed by atoms with Gasteiger partial charge in [0.15, 0.2) is 0 Å². The zero-order chi connectivity index (χ0) is 17.6. The fourth-order valence-electron chi connectivity index (χ4n) is 3.42. The van der Waals surface area contributed by atoms with Crippen molar-refractivity contribution >= 4 is 6.08 Å². The first-order valence-electron chi connectivity index (χ1n) is 8.29. The van der Waals surface area contributed by atoms with Gasteiger partial charge in [-0.3, -0.25) is 0 Å². The van der Waals surface area contributed by atoms with Crippen molar-refractivity contribution in [1.82, 2.24) is 0 Å². The van der Waals surface area contributed by atoms with E-state index in [4.69, 9.17) is 9.47 Å². The predicted molar refractivity (Wildman–Crippen MR) is 93.3 cm³/mol. The summed E-state index contributed by atoms with van der Waals surface area (Å²) in [6, 6.07) is 8.52. The van der Waals surface area contributed by atoms with Gasteiger partial charge in [0.1, 0.15) is 28.6 Å². The number of phenolic OH excluding ortho intramolecular Hbond substituents is 2. The second-order valence-electron chi connectivity index (χ2n) is 6.83. The Kier molecular flexibility index (Phi) is 3.62. The van der Waals surface area contributed by atoms with E-state index in [2.05, 4.69) is 0 Å². The third-order valence-corrected chi connectivity index (χ3v) is 4.85. The summed E-state index contributed by atoms with van der Waals surface area (Å²) in [6.45, 7) is 2.17. The maximum absolute atomic E-state index is 10.1. The van der Waals surface area contributed by atoms with Crippen molar-refractivity contribution in [3.63, 3.8) is 0 Å². The molecule has 0 spiro atoms. The molecule has 0 unspecified atom stereocenters. The number of aromatic hydroxyl groups is 2. The standard InChI is InChI=1S/C20H20O5/c1-20(11-21)7-6-16-18(25-20)5-2-12-8-13(10-24-19(12)16)15-4-3-14(22)9-17(15)23/h2-7,9,13,21-23H,8,10-11H2,1H3/t13-,20-/m0/s1. The van der Waals surface area contributed by atoms with Gasteiger partial charge >= 0.3 is 0 Å². The van der Waals surface area contributed by atoms with Crippen LogP contribution in [0.25, 0.3) is 6.08 Å². The highest BCUT2D eigenvalue weighted by atomic mass is 16.5. The number of fused-ring (bicyclic) bond motifs is 3. The van der Waals surface area contributed by atoms with Gasteiger partial charge < -0.3 is 24.8 Å². The van der Waals surface area contributed by atoms with Crippen molar-refractivity contribution in [1.29, 1.82) is 0 Å². The third kappa shape index (κ3) is 2.70. The fourth-order valence-corrected chi connectivity index (χ4v) is 3.42. The highest BCUT2D eigenvalue weighted by Gasteiger charge is 2.31. The van der Waals surface area contributed by atoms with E-state index in [9.17, 15) is 15.3 Å². The molecular weight excluding hydrogens is 320 g/mol. The molecule has 0 saturated carbocycles. The summed E-state index contributed by atoms with van der Waals surface area (Å²) in [7, 11) is 0. The van der Waals surface area contributed by atoms with Crippen molar-refractivity contribution in [2.75, 3.05) is 13.2 Å². The van der Waals surface area contributed by atoms with E-state index in [1.807, 2.05) is 31.2 Å². The summed E-state index contributed by atoms with van der Waals surface area (Å²) >= 11 is 0. The van der Waals surface area contributed by atoms with Gasteiger partial charge in [-0.2, -0.15) is 0 Å². The monoisotopic (exact) mass is 340 g/mol. The second-order valence-corrected chi connectivity index (χ2v) is 6.83. The van der Waals surface area contributed by atoms with Gasteiger partial charge in [0.05, 0.1) is 18.8 Å². The predicted octanol–water partition coefficient (Wildman–Crippen LogP) is 2.97. The van der Waals surface area contributed by atoms with Gasteiger partial charge in [-0.1, -0.05) is 12.1 Å². The first-order valence-corrected chi connectivity index (χ1v) is 8.29. The molecule has 0 radical (unpaired) electrons. The summed E-state index contributed by atoms with van der Waals surface area (Å²) in [4.78, 5) is 0. The maximum Gasteiger partial charge on any atom is 0.148 e. The zero-order valence-electron chi connectivity index (χ0n) is 13.9. The number of benzene rings is 2. The van der Waals surface area contributed by atoms with E-state index in [0.29, 0.717) is 12.4 Å². The van der Waals surface area contributed by atoms with E-state index in [1.165, 1.54) is 6.07 Å². The Balaban J connectivity index is 1.66. The number of aliphatic hydroxyl groups excluding tert-OH is 1. The summed E-state index contributed by atoms with van der Waals surface area (Å²) in [5.41, 5.74) is 1.98. The van der Waals surface area contributed by atoms with E-state index < -0.39 is 5.60 Å². The van der Waals surface area contributed by atoms with Crippen molar-refractivity contribution < 1.29 is 24.8 Å². The second kappa shape index (κ2) is 5.70. The Bertz CT molecular complexity index is 857. The molecule has 0 saturated heterocycles. The van der Waals surface area contributed by atoms with Gasteiger partial charge in [-0.25, -0.2) is 0 Å². The lowest BCUT2D eigenvalue weighted by Crippen LogP contribution is -2.36. The van der Waals surface area contributed by atoms with Crippen LogP contribution in [0.4, 0.5) is 0 Å². The average Bonchev–Trinajstić information content (AvgIpc) is 2.61. The Morgan fingerprint density at radius 3 is 2.80 bits per heavy atom. The van der Waals surface area contributed by atoms with Crippen molar-refractivity contribution in [2.45, 2.75) is 24.9 Å². The van der Waals surface area contributed by atoms with E-state index in [1.54, 1.807) is 12.1 Å². The average molecular weight is 340 g/mol. The molecule has 2 heterocycles. The molecule has 0 bridgehead atoms. The Hall–Kier alpha value is -2.66. The molecule has 2 aromatic rings. The molecule has 0 aliphatic carbocycles. The highest BCUT2D eigenvalue weighted by Crippen LogP contribution is 2.44. The minimum atomic E-state index is -0.712. The zero-order valence-corrected chi connectivity index (χ0v) is 13.9. The van der Waals surface area contributed by atoms with Crippen molar-refractivity contribution in [3.05, 3.63) is 53.1 Å². The summed E-state index contributed by atoms with van der Waals surface area (Å²) in [5, 5.41) is 29.0. The number of aliphatic hydroxyl groups is 1. The van der Waals surface area contributed by atoms with Crippen LogP contribution >= 0.6 is 0 Å². The number of rotatable bonds is 2. The molecule has 2 atom stereocenters. The van der Waals surface area contributed by atoms with Crippen LogP contribution in [0.3, 0.4) is 0 Å². The number of phenols is 2. The normalized spacial score (nSPS) is 24.0. The largest absolute Gasteiger partial charge is 0.508 e. The van der Waals surface area contributed by atoms with E-state index >= 15 is 0 Å². The lowest BCUT2D eigenvalue weighted by Gasteiger charge is -2.33. The minimum absolute atomic E-state index is 0.0161. The molecule has 130 valence electrons. The molecular formula is C20H20O5. The first-order chi connectivity index (χ1) is 12.0. The van der Waals surface area contributed by atoms with Crippen molar-refractivity contribution in [3.8, 4) is 23.0 Å². The van der Waals surface area contributed by atoms with Crippen LogP contribution < -0.4 is 9.47 Å². The first kappa shape index (κ1) is 15.8. The fraction of sp³-hybridized carbons (Fsp3) is 0.300. The maximum atomic E-state index is 10.1. The topological polar surface area (TPSA) is 79.2 Å². The summed E-state index contributed by atoms with van der Waals surface area (Å²) in [6.07, 6.45) is 4.51. The van der Waals surface area contributed by atoms with Crippen LogP contribution in [0.5, 0.6) is 23.0 Å². The van der Waals surface area contributed by atoms with Gasteiger partial charge in [0, 0.05) is 17.5 Å². The molecule has 25 heavy (non-hydrogen) atoms. The molecule has 4 rings (SSSR count). The quantitative estimate of drug-likeness (QED) is 0.783. The molecule has 0 aromatic heterocycles. The highest BCUT2D eigenvalue weighted by molar-refractivity contribution is 5.69. The molecule has 2 aliphatic heterocycles. The molecule has 0 fully saturated rings. The Morgan fingerprint density at radius 2 is 2.04 bits per heavy atom. The van der Waals surface area contributed by atoms with Crippen LogP contribution in [-0.4, -0.2) is 34.1 Å². The van der Waals surface area contributed by atoms with Crippen LogP contribution in [0, 0.1) is 0 Å². The van der Waals surface area contributed by atoms with Gasteiger partial charge in [0.2, 0.25) is 0 Å². The van der Waals surface area contributed by atoms with Crippen LogP contribution in [0.15, 0.2) is 36.4 Å². The molecule has 5 nitrogen and oxygen atoms in total. The van der Waals surface area contributed by atoms with Crippen LogP contribution in [-0.2, 0) is 6.42 Å². The van der Waals surface area contributed by atoms with Crippen LogP contribution in [0.2, 0.25) is 0 Å². The number of hydrogen-bond donors (Lipinski definition) is 3. The lowest BCUT2D eigenvalue weighted by molar-refractivity contribution is 0.0635. The SMILES string of the molecule is C[C@@]1(CO)C=Cc2c(ccc3c2OC[C@@H](c2ccc(O)cc2O)C3)O1. The van der Waals surface area contributed by atoms with Gasteiger partial charge in [-0.05, 0) is 43.2 Å².